The van der Waals surface area contributed by atoms with Crippen molar-refractivity contribution >= 4 is 113 Å². The van der Waals surface area contributed by atoms with Gasteiger partial charge in [-0.1, -0.05) is 92.7 Å². The molecule has 0 radical (unpaired) electrons. The fourth-order valence-corrected chi connectivity index (χ4v) is 14.4. The molecular formula is C97H143N13O27. The molecule has 0 unspecified atom stereocenters. The predicted octanol–water partition coefficient (Wildman–Crippen LogP) is 5.32. The number of aliphatic carboxylic acids is 1. The summed E-state index contributed by atoms with van der Waals surface area (Å²) in [4.78, 5) is 267. The minimum Gasteiger partial charge on any atom is -0.480 e. The molecule has 0 aromatic heterocycles. The number of nitrogens with zero attached hydrogens (tertiary/aromatic N) is 1. The van der Waals surface area contributed by atoms with Gasteiger partial charge in [0.15, 0.2) is 0 Å². The molecule has 40 heteroatoms. The van der Waals surface area contributed by atoms with Crippen LogP contribution in [0, 0.1) is 5.92 Å². The maximum atomic E-state index is 15.0. The van der Waals surface area contributed by atoms with Gasteiger partial charge in [0.1, 0.15) is 114 Å². The number of esters is 5. The number of carboxylic acid groups (broad SMARTS) is 1. The van der Waals surface area contributed by atoms with Gasteiger partial charge < -0.3 is 107 Å². The van der Waals surface area contributed by atoms with Crippen LogP contribution in [0.3, 0.4) is 0 Å². The Morgan fingerprint density at radius 2 is 0.745 bits per heavy atom. The van der Waals surface area contributed by atoms with Crippen molar-refractivity contribution in [2.75, 3.05) is 26.3 Å². The summed E-state index contributed by atoms with van der Waals surface area (Å²) >= 11 is 0. The number of rotatable bonds is 47. The highest BCUT2D eigenvalue weighted by Crippen LogP contribution is 2.44. The van der Waals surface area contributed by atoms with E-state index >= 15 is 9.59 Å². The van der Waals surface area contributed by atoms with Crippen molar-refractivity contribution in [1.29, 1.82) is 0 Å². The lowest BCUT2D eigenvalue weighted by molar-refractivity contribution is -0.157. The van der Waals surface area contributed by atoms with Gasteiger partial charge in [-0.2, -0.15) is 0 Å². The summed E-state index contributed by atoms with van der Waals surface area (Å²) in [5, 5.41) is 40.0. The Morgan fingerprint density at radius 3 is 1.18 bits per heavy atom. The average Bonchev–Trinajstić information content (AvgIpc) is 1.61. The lowest BCUT2D eigenvalue weighted by Gasteiger charge is -2.31. The summed E-state index contributed by atoms with van der Waals surface area (Å²) in [5.41, 5.74) is -1.84. The van der Waals surface area contributed by atoms with E-state index in [1.54, 1.807) is 148 Å². The summed E-state index contributed by atoms with van der Waals surface area (Å²) in [7, 11) is 0. The number of likely N-dealkylation sites (tertiary alicyclic amines) is 1. The number of benzene rings is 3. The molecule has 5 rings (SSSR count). The zero-order valence-corrected chi connectivity index (χ0v) is 83.1. The number of hydrogen-bond donors (Lipinski definition) is 13. The van der Waals surface area contributed by atoms with Crippen molar-refractivity contribution in [3.8, 4) is 11.1 Å². The Hall–Kier alpha value is -12.7. The number of carbonyl (C=O) groups is 19. The Kier molecular flexibility index (Phi) is 43.2. The molecule has 1 aliphatic heterocycles. The second-order valence-electron chi connectivity index (χ2n) is 40.5. The first-order chi connectivity index (χ1) is 63.4. The number of hydrogen-bond acceptors (Lipinski definition) is 26. The van der Waals surface area contributed by atoms with Crippen molar-refractivity contribution in [3.05, 3.63) is 95.6 Å². The van der Waals surface area contributed by atoms with Crippen molar-refractivity contribution in [1.82, 2.24) is 68.7 Å². The van der Waals surface area contributed by atoms with Crippen LogP contribution in [0.2, 0.25) is 0 Å². The van der Waals surface area contributed by atoms with E-state index in [-0.39, 0.29) is 57.1 Å². The lowest BCUT2D eigenvalue weighted by atomic mass is 9.98. The number of carboxylic acids is 1. The number of amides is 13. The van der Waals surface area contributed by atoms with Crippen LogP contribution in [0.5, 0.6) is 0 Å². The molecule has 1 heterocycles. The summed E-state index contributed by atoms with van der Waals surface area (Å²) < 4.78 is 39.0. The third-order valence-corrected chi connectivity index (χ3v) is 20.6. The van der Waals surface area contributed by atoms with Gasteiger partial charge in [0.25, 0.3) is 0 Å². The minimum atomic E-state index is -2.03. The number of nitrogens with one attached hydrogen (secondary N) is 12. The monoisotopic (exact) mass is 1920 g/mol. The van der Waals surface area contributed by atoms with Gasteiger partial charge in [-0.3, -0.25) is 81.5 Å². The maximum absolute atomic E-state index is 15.0. The second kappa shape index (κ2) is 51.5. The van der Waals surface area contributed by atoms with E-state index in [0.29, 0.717) is 12.0 Å². The number of fused-ring (bicyclic) bond motifs is 3. The summed E-state index contributed by atoms with van der Waals surface area (Å²) in [6.07, 6.45) is -5.60. The smallest absolute Gasteiger partial charge is 0.407 e. The fraction of sp³-hybridized carbons (Fsp3) is 0.619. The van der Waals surface area contributed by atoms with Gasteiger partial charge in [-0.05, 0) is 224 Å². The first kappa shape index (κ1) is 115. The van der Waals surface area contributed by atoms with Gasteiger partial charge in [0.2, 0.25) is 70.9 Å². The molecular weight excluding hydrogens is 1780 g/mol. The molecule has 12 atom stereocenters. The van der Waals surface area contributed by atoms with E-state index in [4.69, 9.17) is 33.2 Å². The zero-order valence-electron chi connectivity index (χ0n) is 83.1. The summed E-state index contributed by atoms with van der Waals surface area (Å²) in [5.74, 6) is -18.4. The number of alkyl carbamates (subject to hydrolysis) is 1. The Balaban J connectivity index is 1.39. The molecule has 0 spiro atoms. The molecule has 3 aromatic rings. The van der Waals surface area contributed by atoms with E-state index < -0.39 is 277 Å². The highest BCUT2D eigenvalue weighted by atomic mass is 16.6. The van der Waals surface area contributed by atoms with Gasteiger partial charge in [0.05, 0.1) is 18.6 Å². The van der Waals surface area contributed by atoms with Gasteiger partial charge in [-0.25, -0.2) is 9.59 Å². The van der Waals surface area contributed by atoms with Crippen molar-refractivity contribution < 1.29 is 129 Å². The van der Waals surface area contributed by atoms with Gasteiger partial charge >= 0.3 is 41.9 Å². The summed E-state index contributed by atoms with van der Waals surface area (Å²) in [6, 6.07) is 4.48. The van der Waals surface area contributed by atoms with Gasteiger partial charge in [0, 0.05) is 44.6 Å². The minimum absolute atomic E-state index is 0.0144. The van der Waals surface area contributed by atoms with E-state index in [1.807, 2.05) is 48.5 Å². The van der Waals surface area contributed by atoms with Crippen molar-refractivity contribution in [2.24, 2.45) is 5.92 Å². The van der Waals surface area contributed by atoms with Crippen LogP contribution in [-0.4, -0.2) is 255 Å². The van der Waals surface area contributed by atoms with E-state index in [0.717, 1.165) is 22.3 Å². The molecule has 1 fully saturated rings. The van der Waals surface area contributed by atoms with Crippen LogP contribution in [0.15, 0.2) is 78.9 Å². The van der Waals surface area contributed by atoms with E-state index in [9.17, 15) is 86.6 Å². The van der Waals surface area contributed by atoms with Crippen LogP contribution >= 0.6 is 0 Å². The van der Waals surface area contributed by atoms with Crippen LogP contribution < -0.4 is 63.8 Å². The SMILES string of the molecule is CC(C)C[C@H](NC(=O)[C@@H]1CCCN1C(=O)[C@H](Cc1ccccc1)NC(=O)[C@H](C)NC(=O)[C@H](CCC(=O)OC(C)(C)C)NC(=O)[C@H](C)NC(=O)[C@H](COC(C)(C)C)NC(=O)[C@H](CCC(=O)OC(C)(C)C)NC(=O)[C@H](CC(=O)OC(C)(C)C)NC(=O)[C@H](CCC(=O)OC(C)(C)C)NC(=O)[C@H](C)NC(=O)CNC(=O)OCC1c2ccccc2-c2ccccc21)C(=O)N[C@@H](CCC(=O)OC(C)(C)C)C(=O)O. The molecule has 40 nitrogen and oxygen atoms in total. The predicted molar refractivity (Wildman–Crippen MR) is 500 cm³/mol. The highest BCUT2D eigenvalue weighted by molar-refractivity contribution is 6.01. The maximum Gasteiger partial charge on any atom is 0.407 e. The molecule has 13 N–H and O–H groups in total. The highest BCUT2D eigenvalue weighted by Gasteiger charge is 2.43. The van der Waals surface area contributed by atoms with Crippen LogP contribution in [-0.2, 0) is 126 Å². The van der Waals surface area contributed by atoms with E-state index in [1.165, 1.54) is 46.4 Å². The average molecular weight is 1920 g/mol. The molecule has 1 saturated heterocycles. The topological polar surface area (TPSA) is 557 Å². The van der Waals surface area contributed by atoms with Crippen LogP contribution in [0.1, 0.15) is 259 Å². The Labute approximate surface area is 800 Å². The molecule has 758 valence electrons. The zero-order chi connectivity index (χ0) is 103. The summed E-state index contributed by atoms with van der Waals surface area (Å²) in [6.45, 7) is 34.3. The largest absolute Gasteiger partial charge is 0.480 e. The van der Waals surface area contributed by atoms with E-state index in [2.05, 4.69) is 63.8 Å². The first-order valence-corrected chi connectivity index (χ1v) is 46.2. The third-order valence-electron chi connectivity index (χ3n) is 20.6. The molecule has 1 aliphatic carbocycles. The number of ether oxygens (including phenoxy) is 7. The van der Waals surface area contributed by atoms with Crippen LogP contribution in [0.25, 0.3) is 11.1 Å². The molecule has 0 saturated carbocycles. The van der Waals surface area contributed by atoms with Crippen molar-refractivity contribution in [2.45, 2.75) is 355 Å². The molecule has 137 heavy (non-hydrogen) atoms. The second-order valence-corrected chi connectivity index (χ2v) is 40.5. The van der Waals surface area contributed by atoms with Gasteiger partial charge in [-0.15, -0.1) is 0 Å². The van der Waals surface area contributed by atoms with Crippen molar-refractivity contribution in [3.63, 3.8) is 0 Å². The Morgan fingerprint density at radius 1 is 0.387 bits per heavy atom. The molecule has 3 aromatic carbocycles. The normalized spacial score (nSPS) is 15.7. The quantitative estimate of drug-likeness (QED) is 0.0251. The standard InChI is InChI=1S/C97H143N13O27/c1-54(2)48-68(85(123)105-67(90(128)129)42-46-77(115)136-96(18,19)20)107-88(126)72-38-31-47-110(72)89(127)70(49-58-32-25-24-26-33-58)108-81(119)57(5)100-82(120)64(39-43-74(112)133-93(9,10)11)102-80(118)56(4)101-87(125)71(53-132-92(6,7)8)109-84(122)66(41-45-76(114)135-95(15,16)17)104-86(124)69(50-78(116)137-97(21,22)23)106-83(121)65(40-44-75(113)134-94(12,13)14)103-79(117)55(3)99-73(111)51-98-91(130)131-52-63-61-36-29-27-34-59(61)60-35-28-30-37-62(60)63/h24-30,32-37,54-57,63-72H,31,38-53H2,1-23H3,(H,98,130)(H,99,111)(H,100,120)(H,101,125)(H,102,118)(H,103,117)(H,104,124)(H,105,123)(H,106,121)(H,107,126)(H,108,119)(H,109,122)(H,128,129)/t55-,56-,57-,64-,65-,66-,67-,68-,69-,70-,71-,72-/m0/s1. The molecule has 0 bridgehead atoms. The number of carbonyl (C=O) groups excluding carboxylic acids is 18. The van der Waals surface area contributed by atoms with Crippen LogP contribution in [0.4, 0.5) is 4.79 Å². The molecule has 2 aliphatic rings. The Bertz CT molecular complexity index is 4720. The molecule has 13 amide bonds. The first-order valence-electron chi connectivity index (χ1n) is 46.2. The third kappa shape index (κ3) is 41.8. The lowest BCUT2D eigenvalue weighted by Crippen LogP contribution is -2.61. The fourth-order valence-electron chi connectivity index (χ4n) is 14.4.